The van der Waals surface area contributed by atoms with Crippen LogP contribution >= 0.6 is 15.8 Å². The van der Waals surface area contributed by atoms with Crippen molar-refractivity contribution in [3.8, 4) is 0 Å². The molecule has 1 saturated heterocycles. The monoisotopic (exact) mass is 467 g/mol. The van der Waals surface area contributed by atoms with E-state index in [-0.39, 0.29) is 5.54 Å². The second-order valence-corrected chi connectivity index (χ2v) is 14.1. The molecule has 1 nitrogen and oxygen atoms in total. The molecule has 1 aliphatic heterocycles. The minimum atomic E-state index is -0.558. The van der Waals surface area contributed by atoms with Crippen molar-refractivity contribution in [2.75, 3.05) is 0 Å². The first kappa shape index (κ1) is 22.5. The van der Waals surface area contributed by atoms with E-state index in [1.165, 1.54) is 27.6 Å². The molecule has 2 unspecified atom stereocenters. The molecule has 166 valence electrons. The molecule has 0 bridgehead atoms. The third-order valence-corrected chi connectivity index (χ3v) is 12.2. The quantitative estimate of drug-likeness (QED) is 0.358. The highest BCUT2D eigenvalue weighted by Crippen LogP contribution is 2.56. The summed E-state index contributed by atoms with van der Waals surface area (Å²) in [5.74, 6) is 0.409. The van der Waals surface area contributed by atoms with Crippen molar-refractivity contribution in [3.63, 3.8) is 0 Å². The molecule has 1 N–H and O–H groups in total. The lowest BCUT2D eigenvalue weighted by Crippen LogP contribution is -2.41. The Morgan fingerprint density at radius 3 is 1.24 bits per heavy atom. The van der Waals surface area contributed by atoms with Gasteiger partial charge in [-0.25, -0.2) is 0 Å². The van der Waals surface area contributed by atoms with Gasteiger partial charge in [0.05, 0.1) is 0 Å². The molecular formula is C30H31NP2. The number of benzene rings is 4. The van der Waals surface area contributed by atoms with Crippen LogP contribution in [-0.4, -0.2) is 17.0 Å². The molecule has 0 aliphatic carbocycles. The van der Waals surface area contributed by atoms with Crippen LogP contribution in [0.25, 0.3) is 0 Å². The molecule has 4 aromatic carbocycles. The lowest BCUT2D eigenvalue weighted by Gasteiger charge is -2.35. The fraction of sp³-hybridized carbons (Fsp3) is 0.200. The predicted octanol–water partition coefficient (Wildman–Crippen LogP) is 5.72. The summed E-state index contributed by atoms with van der Waals surface area (Å²) < 4.78 is 0. The fourth-order valence-electron chi connectivity index (χ4n) is 5.02. The van der Waals surface area contributed by atoms with Crippen LogP contribution in [0.4, 0.5) is 0 Å². The van der Waals surface area contributed by atoms with Gasteiger partial charge in [0.2, 0.25) is 0 Å². The highest BCUT2D eigenvalue weighted by Gasteiger charge is 2.47. The van der Waals surface area contributed by atoms with E-state index >= 15 is 0 Å². The van der Waals surface area contributed by atoms with Crippen LogP contribution < -0.4 is 26.5 Å². The molecule has 33 heavy (non-hydrogen) atoms. The first-order valence-electron chi connectivity index (χ1n) is 11.7. The summed E-state index contributed by atoms with van der Waals surface area (Å²) in [7, 11) is -1.07. The molecule has 0 aromatic heterocycles. The minimum absolute atomic E-state index is 0.101. The van der Waals surface area contributed by atoms with E-state index in [2.05, 4.69) is 140 Å². The molecule has 5 rings (SSSR count). The average Bonchev–Trinajstić information content (AvgIpc) is 3.16. The second-order valence-electron chi connectivity index (χ2n) is 9.33. The lowest BCUT2D eigenvalue weighted by atomic mass is 10.0. The van der Waals surface area contributed by atoms with Gasteiger partial charge in [-0.2, -0.15) is 0 Å². The third kappa shape index (κ3) is 4.97. The van der Waals surface area contributed by atoms with E-state index < -0.39 is 15.8 Å². The molecule has 0 radical (unpaired) electrons. The van der Waals surface area contributed by atoms with E-state index in [0.717, 1.165) is 0 Å². The third-order valence-electron chi connectivity index (χ3n) is 6.37. The van der Waals surface area contributed by atoms with Gasteiger partial charge in [-0.15, -0.1) is 0 Å². The van der Waals surface area contributed by atoms with Gasteiger partial charge < -0.3 is 5.32 Å². The van der Waals surface area contributed by atoms with Gasteiger partial charge in [0.25, 0.3) is 0 Å². The van der Waals surface area contributed by atoms with Crippen molar-refractivity contribution in [3.05, 3.63) is 121 Å². The molecule has 3 heteroatoms. The minimum Gasteiger partial charge on any atom is -0.304 e. The van der Waals surface area contributed by atoms with Crippen LogP contribution in [0.3, 0.4) is 0 Å². The predicted molar refractivity (Wildman–Crippen MR) is 148 cm³/mol. The topological polar surface area (TPSA) is 12.0 Å². The van der Waals surface area contributed by atoms with Gasteiger partial charge in [0.15, 0.2) is 0 Å². The van der Waals surface area contributed by atoms with E-state index in [4.69, 9.17) is 0 Å². The van der Waals surface area contributed by atoms with Crippen molar-refractivity contribution < 1.29 is 0 Å². The zero-order valence-corrected chi connectivity index (χ0v) is 21.1. The summed E-state index contributed by atoms with van der Waals surface area (Å²) >= 11 is 0. The van der Waals surface area contributed by atoms with Crippen molar-refractivity contribution in [1.29, 1.82) is 0 Å². The Morgan fingerprint density at radius 2 is 0.879 bits per heavy atom. The fourth-order valence-corrected chi connectivity index (χ4v) is 11.7. The summed E-state index contributed by atoms with van der Waals surface area (Å²) in [6, 6.07) is 44.8. The van der Waals surface area contributed by atoms with Gasteiger partial charge >= 0.3 is 0 Å². The maximum absolute atomic E-state index is 4.14. The first-order valence-corrected chi connectivity index (χ1v) is 14.5. The molecule has 1 fully saturated rings. The van der Waals surface area contributed by atoms with Crippen molar-refractivity contribution >= 4 is 37.1 Å². The van der Waals surface area contributed by atoms with E-state index in [1.54, 1.807) is 0 Å². The second kappa shape index (κ2) is 9.90. The zero-order valence-electron chi connectivity index (χ0n) is 19.3. The Morgan fingerprint density at radius 1 is 0.545 bits per heavy atom. The Kier molecular flexibility index (Phi) is 6.75. The maximum atomic E-state index is 4.14. The van der Waals surface area contributed by atoms with Crippen molar-refractivity contribution in [1.82, 2.24) is 5.32 Å². The molecular weight excluding hydrogens is 436 g/mol. The van der Waals surface area contributed by atoms with Crippen LogP contribution in [0.5, 0.6) is 0 Å². The molecule has 2 atom stereocenters. The van der Waals surface area contributed by atoms with Crippen LogP contribution in [-0.2, 0) is 0 Å². The van der Waals surface area contributed by atoms with E-state index in [1.807, 2.05) is 0 Å². The molecule has 1 heterocycles. The van der Waals surface area contributed by atoms with E-state index in [9.17, 15) is 0 Å². The van der Waals surface area contributed by atoms with Gasteiger partial charge in [-0.1, -0.05) is 121 Å². The summed E-state index contributed by atoms with van der Waals surface area (Å²) in [6.07, 6.45) is 1.17. The SMILES string of the molecule is CC1(C)CC(P(c2ccccc2)c2ccccc2)C(P(c2ccccc2)c2ccccc2)N1. The number of rotatable bonds is 6. The normalized spacial score (nSPS) is 19.8. The number of nitrogens with one attached hydrogen (secondary N) is 1. The van der Waals surface area contributed by atoms with Gasteiger partial charge in [-0.3, -0.25) is 0 Å². The first-order chi connectivity index (χ1) is 16.1. The summed E-state index contributed by atoms with van der Waals surface area (Å²) in [5.41, 5.74) is 0.648. The average molecular weight is 468 g/mol. The lowest BCUT2D eigenvalue weighted by molar-refractivity contribution is 0.454. The van der Waals surface area contributed by atoms with Crippen LogP contribution in [0.2, 0.25) is 0 Å². The van der Waals surface area contributed by atoms with Crippen molar-refractivity contribution in [2.45, 2.75) is 37.2 Å². The van der Waals surface area contributed by atoms with Crippen molar-refractivity contribution in [2.24, 2.45) is 0 Å². The van der Waals surface area contributed by atoms with Crippen LogP contribution in [0.15, 0.2) is 121 Å². The molecule has 0 spiro atoms. The maximum Gasteiger partial charge on any atom is 0.0429 e. The number of hydrogen-bond donors (Lipinski definition) is 1. The van der Waals surface area contributed by atoms with E-state index in [0.29, 0.717) is 11.4 Å². The largest absolute Gasteiger partial charge is 0.304 e. The molecule has 0 saturated carbocycles. The summed E-state index contributed by atoms with van der Waals surface area (Å²) in [4.78, 5) is 0. The molecule has 4 aromatic rings. The van der Waals surface area contributed by atoms with Crippen LogP contribution in [0, 0.1) is 0 Å². The standard InChI is InChI=1S/C30H31NP2/c1-30(2)23-28(32(24-15-7-3-8-16-24)25-17-9-4-10-18-25)29(31-30)33(26-19-11-5-12-20-26)27-21-13-6-14-22-27/h3-22,28-29,31H,23H2,1-2H3. The Bertz CT molecular complexity index is 975. The molecule has 0 amide bonds. The highest BCUT2D eigenvalue weighted by molar-refractivity contribution is 7.77. The Balaban J connectivity index is 1.66. The molecule has 1 aliphatic rings. The van der Waals surface area contributed by atoms with Gasteiger partial charge in [0, 0.05) is 17.0 Å². The van der Waals surface area contributed by atoms with Crippen LogP contribution in [0.1, 0.15) is 20.3 Å². The smallest absolute Gasteiger partial charge is 0.0429 e. The number of hydrogen-bond acceptors (Lipinski definition) is 1. The summed E-state index contributed by atoms with van der Waals surface area (Å²) in [6.45, 7) is 4.76. The highest BCUT2D eigenvalue weighted by atomic mass is 31.1. The zero-order chi connectivity index (χ0) is 22.7. The summed E-state index contributed by atoms with van der Waals surface area (Å²) in [5, 5.41) is 10.0. The Hall–Kier alpha value is -2.30. The van der Waals surface area contributed by atoms with Gasteiger partial charge in [0.1, 0.15) is 0 Å². The van der Waals surface area contributed by atoms with Gasteiger partial charge in [-0.05, 0) is 57.3 Å². The Labute approximate surface area is 200 Å².